The maximum atomic E-state index is 11.9. The second-order valence-corrected chi connectivity index (χ2v) is 1.31. The Kier molecular flexibility index (Phi) is 3.85. The van der Waals surface area contributed by atoms with E-state index in [2.05, 4.69) is 9.97 Å². The van der Waals surface area contributed by atoms with Crippen molar-refractivity contribution in [3.63, 3.8) is 0 Å². The first-order valence-corrected chi connectivity index (χ1v) is 2.06. The Morgan fingerprint density at radius 2 is 2.00 bits per heavy atom. The first kappa shape index (κ1) is 9.87. The zero-order chi connectivity index (χ0) is 6.85. The molecule has 0 aliphatic carbocycles. The quantitative estimate of drug-likeness (QED) is 0.436. The summed E-state index contributed by atoms with van der Waals surface area (Å²) in [6.07, 6.45) is 0.553. The van der Waals surface area contributed by atoms with Gasteiger partial charge in [-0.3, -0.25) is 4.98 Å². The van der Waals surface area contributed by atoms with Gasteiger partial charge in [0.2, 0.25) is 0 Å². The van der Waals surface area contributed by atoms with Crippen LogP contribution in [0.5, 0.6) is 11.9 Å². The molecule has 1 aromatic rings. The van der Waals surface area contributed by atoms with Crippen molar-refractivity contribution in [1.29, 1.82) is 0 Å². The largest absolute Gasteiger partial charge is 2.00 e. The maximum Gasteiger partial charge on any atom is 2.00 e. The first-order valence-electron chi connectivity index (χ1n) is 2.06. The maximum absolute atomic E-state index is 11.9. The van der Waals surface area contributed by atoms with Crippen LogP contribution in [-0.2, 0) is 0 Å². The molecule has 0 aromatic carbocycles. The minimum atomic E-state index is -1.16. The van der Waals surface area contributed by atoms with Crippen LogP contribution in [0.4, 0.5) is 4.39 Å². The van der Waals surface area contributed by atoms with Crippen LogP contribution < -0.4 is 10.2 Å². The Labute approximate surface area is 85.7 Å². The van der Waals surface area contributed by atoms with Crippen molar-refractivity contribution in [3.8, 4) is 11.9 Å². The van der Waals surface area contributed by atoms with Crippen molar-refractivity contribution in [1.82, 2.24) is 9.97 Å². The van der Waals surface area contributed by atoms with Crippen LogP contribution in [0.25, 0.3) is 0 Å². The van der Waals surface area contributed by atoms with E-state index in [9.17, 15) is 14.6 Å². The summed E-state index contributed by atoms with van der Waals surface area (Å²) in [6.45, 7) is 0. The number of hydrogen-bond acceptors (Lipinski definition) is 4. The van der Waals surface area contributed by atoms with Gasteiger partial charge in [0, 0.05) is 5.88 Å². The summed E-state index contributed by atoms with van der Waals surface area (Å²) in [7, 11) is 0. The first-order chi connectivity index (χ1) is 4.20. The third-order valence-corrected chi connectivity index (χ3v) is 0.690. The van der Waals surface area contributed by atoms with Crippen molar-refractivity contribution in [2.75, 3.05) is 0 Å². The van der Waals surface area contributed by atoms with Crippen LogP contribution in [0.1, 0.15) is 0 Å². The van der Waals surface area contributed by atoms with Crippen LogP contribution in [-0.4, -0.2) is 47.7 Å². The molecule has 0 fully saturated rings. The predicted octanol–water partition coefficient (Wildman–Crippen LogP) is -1.62. The van der Waals surface area contributed by atoms with E-state index in [1.807, 2.05) is 0 Å². The van der Waals surface area contributed by atoms with Crippen molar-refractivity contribution in [2.24, 2.45) is 0 Å². The van der Waals surface area contributed by atoms with Gasteiger partial charge in [0.25, 0.3) is 0 Å². The van der Waals surface area contributed by atoms with Gasteiger partial charge in [-0.1, -0.05) is 0 Å². The molecule has 0 aliphatic heterocycles. The number of halogens is 1. The fourth-order valence-electron chi connectivity index (χ4n) is 0.336. The predicted molar refractivity (Wildman–Crippen MR) is 26.6 cm³/mol. The molecule has 1 aromatic heterocycles. The molecule has 0 spiro atoms. The Morgan fingerprint density at radius 3 is 2.40 bits per heavy atom. The van der Waals surface area contributed by atoms with Gasteiger partial charge in [-0.2, -0.15) is 0 Å². The molecule has 0 N–H and O–H groups in total. The summed E-state index contributed by atoms with van der Waals surface area (Å²) in [5.41, 5.74) is 0. The molecule has 0 unspecified atom stereocenters. The third-order valence-electron chi connectivity index (χ3n) is 0.690. The van der Waals surface area contributed by atoms with E-state index >= 15 is 0 Å². The molecule has 1 heterocycles. The van der Waals surface area contributed by atoms with Crippen LogP contribution in [0.15, 0.2) is 6.20 Å². The Morgan fingerprint density at radius 1 is 1.40 bits per heavy atom. The Hall–Kier alpha value is -0.130. The summed E-state index contributed by atoms with van der Waals surface area (Å²) in [5.74, 6) is -2.26. The Bertz CT molecular complexity index is 232. The zero-order valence-electron chi connectivity index (χ0n) is 4.87. The van der Waals surface area contributed by atoms with Crippen molar-refractivity contribution < 1.29 is 14.6 Å². The van der Waals surface area contributed by atoms with Crippen molar-refractivity contribution in [3.05, 3.63) is 12.0 Å². The van der Waals surface area contributed by atoms with Gasteiger partial charge in [-0.15, -0.1) is 0 Å². The van der Waals surface area contributed by atoms with Crippen LogP contribution in [0, 0.1) is 5.82 Å². The van der Waals surface area contributed by atoms with E-state index in [4.69, 9.17) is 0 Å². The monoisotopic (exact) mass is 168 g/mol. The van der Waals surface area contributed by atoms with Crippen LogP contribution >= 0.6 is 0 Å². The van der Waals surface area contributed by atoms with E-state index in [1.165, 1.54) is 0 Å². The van der Waals surface area contributed by atoms with E-state index in [0.29, 0.717) is 6.20 Å². The fraction of sp³-hybridized carbons (Fsp3) is 0. The van der Waals surface area contributed by atoms with E-state index in [-0.39, 0.29) is 37.7 Å². The molecular weight excluding hydrogens is 167 g/mol. The summed E-state index contributed by atoms with van der Waals surface area (Å²) >= 11 is 0. The summed E-state index contributed by atoms with van der Waals surface area (Å²) in [4.78, 5) is 5.57. The normalized spacial score (nSPS) is 8.50. The molecule has 0 saturated carbocycles. The summed E-state index contributed by atoms with van der Waals surface area (Å²) in [5, 5.41) is 20.2. The van der Waals surface area contributed by atoms with E-state index in [1.54, 1.807) is 0 Å². The molecule has 4 nitrogen and oxygen atoms in total. The second kappa shape index (κ2) is 3.90. The molecule has 0 amide bonds. The van der Waals surface area contributed by atoms with Gasteiger partial charge in [0.05, 0.1) is 12.2 Å². The van der Waals surface area contributed by atoms with Gasteiger partial charge in [0.15, 0.2) is 5.82 Å². The minimum absolute atomic E-state index is 0. The second-order valence-electron chi connectivity index (χ2n) is 1.31. The van der Waals surface area contributed by atoms with Gasteiger partial charge in [-0.05, 0) is 0 Å². The number of aromatic nitrogens is 2. The summed E-state index contributed by atoms with van der Waals surface area (Å²) < 4.78 is 11.9. The zero-order valence-corrected chi connectivity index (χ0v) is 7.08. The molecule has 0 saturated heterocycles. The number of rotatable bonds is 0. The van der Waals surface area contributed by atoms with Gasteiger partial charge in [-0.25, -0.2) is 9.37 Å². The fourth-order valence-corrected chi connectivity index (χ4v) is 0.336. The molecule has 0 bridgehead atoms. The molecule has 0 aliphatic rings. The molecule has 1 rings (SSSR count). The van der Waals surface area contributed by atoms with Crippen LogP contribution in [0.2, 0.25) is 0 Å². The molecule has 0 atom stereocenters. The average Bonchev–Trinajstić information content (AvgIpc) is 1.80. The SMILES string of the molecule is [Ca+2].[O-]c1ncc(F)c([O-])n1. The number of hydrogen-bond donors (Lipinski definition) is 0. The van der Waals surface area contributed by atoms with Crippen molar-refractivity contribution >= 4 is 37.7 Å². The molecule has 0 radical (unpaired) electrons. The molecule has 48 valence electrons. The number of nitrogens with zero attached hydrogens (tertiary/aromatic N) is 2. The minimum Gasteiger partial charge on any atom is -0.857 e. The Balaban J connectivity index is 0.000000810. The topological polar surface area (TPSA) is 71.9 Å². The molecule has 6 heteroatoms. The standard InChI is InChI=1S/C4H3FN2O2.Ca/c5-2-1-6-4(9)7-3(2)8;/h1H,(H2,6,7,8,9);/q;+2/p-2. The molecular formula is C4HCaFN2O2. The molecule has 10 heavy (non-hydrogen) atoms. The smallest absolute Gasteiger partial charge is 0.857 e. The average molecular weight is 168 g/mol. The van der Waals surface area contributed by atoms with E-state index < -0.39 is 17.7 Å². The van der Waals surface area contributed by atoms with Gasteiger partial charge < -0.3 is 10.2 Å². The van der Waals surface area contributed by atoms with Gasteiger partial charge in [0.1, 0.15) is 0 Å². The van der Waals surface area contributed by atoms with Gasteiger partial charge >= 0.3 is 37.7 Å². The van der Waals surface area contributed by atoms with E-state index in [0.717, 1.165) is 0 Å². The van der Waals surface area contributed by atoms with Crippen LogP contribution in [0.3, 0.4) is 0 Å². The third kappa shape index (κ3) is 2.24. The summed E-state index contributed by atoms with van der Waals surface area (Å²) in [6, 6.07) is -0.957. The van der Waals surface area contributed by atoms with Crippen molar-refractivity contribution in [2.45, 2.75) is 0 Å².